The first kappa shape index (κ1) is 14.4. The van der Waals surface area contributed by atoms with Crippen LogP contribution in [0.25, 0.3) is 0 Å². The third kappa shape index (κ3) is 3.53. The molecule has 1 aromatic carbocycles. The van der Waals surface area contributed by atoms with Crippen LogP contribution in [0, 0.1) is 5.82 Å². The second-order valence-corrected chi connectivity index (χ2v) is 5.95. The van der Waals surface area contributed by atoms with E-state index in [-0.39, 0.29) is 24.1 Å². The molecule has 1 aliphatic heterocycles. The van der Waals surface area contributed by atoms with Gasteiger partial charge >= 0.3 is 0 Å². The Labute approximate surface area is 114 Å². The Bertz CT molecular complexity index is 448. The van der Waals surface area contributed by atoms with Crippen LogP contribution in [0.5, 0.6) is 0 Å². The van der Waals surface area contributed by atoms with E-state index in [0.717, 1.165) is 13.1 Å². The Hall–Kier alpha value is -0.970. The van der Waals surface area contributed by atoms with Crippen LogP contribution in [0.4, 0.5) is 4.39 Å². The van der Waals surface area contributed by atoms with Crippen LogP contribution >= 0.6 is 0 Å². The summed E-state index contributed by atoms with van der Waals surface area (Å²) < 4.78 is 20.0. The molecule has 2 N–H and O–H groups in total. The molecule has 0 radical (unpaired) electrons. The Morgan fingerprint density at radius 1 is 1.42 bits per heavy atom. The third-order valence-electron chi connectivity index (χ3n) is 3.41. The molecule has 1 fully saturated rings. The fourth-order valence-corrected chi connectivity index (χ4v) is 2.86. The van der Waals surface area contributed by atoms with Gasteiger partial charge in [-0.05, 0) is 20.8 Å². The Morgan fingerprint density at radius 2 is 2.11 bits per heavy atom. The lowest BCUT2D eigenvalue weighted by Gasteiger charge is -2.41. The lowest BCUT2D eigenvalue weighted by atomic mass is 10.0. The van der Waals surface area contributed by atoms with Crippen molar-refractivity contribution in [2.24, 2.45) is 5.73 Å². The summed E-state index contributed by atoms with van der Waals surface area (Å²) in [6.45, 7) is 8.69. The smallest absolute Gasteiger partial charge is 0.132 e. The molecule has 0 amide bonds. The fraction of sp³-hybridized carbons (Fsp3) is 0.600. The lowest BCUT2D eigenvalue weighted by molar-refractivity contribution is -0.130. The number of benzene rings is 1. The molecular weight excluding hydrogens is 243 g/mol. The van der Waals surface area contributed by atoms with Gasteiger partial charge in [0.05, 0.1) is 11.7 Å². The molecule has 19 heavy (non-hydrogen) atoms. The zero-order valence-electron chi connectivity index (χ0n) is 11.9. The number of rotatable bonds is 3. The number of nitrogens with zero attached hydrogens (tertiary/aromatic N) is 1. The fourth-order valence-electron chi connectivity index (χ4n) is 2.86. The van der Waals surface area contributed by atoms with Gasteiger partial charge in [-0.25, -0.2) is 4.39 Å². The molecular formula is C15H23FN2O. The molecule has 0 aromatic heterocycles. The number of hydrogen-bond donors (Lipinski definition) is 1. The monoisotopic (exact) mass is 266 g/mol. The summed E-state index contributed by atoms with van der Waals surface area (Å²) in [5.41, 5.74) is 6.66. The van der Waals surface area contributed by atoms with E-state index in [1.54, 1.807) is 6.07 Å². The van der Waals surface area contributed by atoms with E-state index in [2.05, 4.69) is 25.7 Å². The van der Waals surface area contributed by atoms with Gasteiger partial charge in [0.1, 0.15) is 5.82 Å². The third-order valence-corrected chi connectivity index (χ3v) is 3.41. The molecule has 0 bridgehead atoms. The summed E-state index contributed by atoms with van der Waals surface area (Å²) in [6, 6.07) is 5.45. The van der Waals surface area contributed by atoms with Crippen LogP contribution in [0.3, 0.4) is 0 Å². The molecule has 1 heterocycles. The maximum Gasteiger partial charge on any atom is 0.132 e. The molecule has 1 unspecified atom stereocenters. The maximum absolute atomic E-state index is 14.2. The van der Waals surface area contributed by atoms with Crippen molar-refractivity contribution in [2.75, 3.05) is 13.1 Å². The molecule has 1 saturated heterocycles. The van der Waals surface area contributed by atoms with E-state index in [0.29, 0.717) is 17.7 Å². The quantitative estimate of drug-likeness (QED) is 0.912. The molecule has 0 spiro atoms. The van der Waals surface area contributed by atoms with Crippen LogP contribution < -0.4 is 5.73 Å². The normalized spacial score (nSPS) is 23.5. The van der Waals surface area contributed by atoms with Gasteiger partial charge in [0.25, 0.3) is 0 Å². The van der Waals surface area contributed by atoms with Crippen molar-refractivity contribution in [2.45, 2.75) is 45.6 Å². The van der Waals surface area contributed by atoms with Gasteiger partial charge in [-0.3, -0.25) is 4.90 Å². The lowest BCUT2D eigenvalue weighted by Crippen LogP contribution is -2.51. The minimum absolute atomic E-state index is 0.165. The summed E-state index contributed by atoms with van der Waals surface area (Å²) >= 11 is 0. The number of morpholine rings is 1. The predicted octanol–water partition coefficient (Wildman–Crippen LogP) is 2.28. The van der Waals surface area contributed by atoms with Gasteiger partial charge in [-0.2, -0.15) is 0 Å². The number of halogens is 1. The highest BCUT2D eigenvalue weighted by Gasteiger charge is 2.31. The summed E-state index contributed by atoms with van der Waals surface area (Å²) in [6.07, 6.45) is 0.171. The first-order valence-electron chi connectivity index (χ1n) is 6.78. The van der Waals surface area contributed by atoms with Gasteiger partial charge in [0, 0.05) is 37.3 Å². The van der Waals surface area contributed by atoms with Crippen molar-refractivity contribution in [3.05, 3.63) is 35.1 Å². The van der Waals surface area contributed by atoms with E-state index in [1.807, 2.05) is 12.1 Å². The van der Waals surface area contributed by atoms with Crippen molar-refractivity contribution in [3.63, 3.8) is 0 Å². The maximum atomic E-state index is 14.2. The summed E-state index contributed by atoms with van der Waals surface area (Å²) in [7, 11) is 0. The van der Waals surface area contributed by atoms with Gasteiger partial charge in [-0.15, -0.1) is 0 Å². The van der Waals surface area contributed by atoms with Crippen molar-refractivity contribution in [3.8, 4) is 0 Å². The topological polar surface area (TPSA) is 38.5 Å². The Morgan fingerprint density at radius 3 is 2.74 bits per heavy atom. The van der Waals surface area contributed by atoms with Crippen molar-refractivity contribution in [1.29, 1.82) is 0 Å². The summed E-state index contributed by atoms with van der Waals surface area (Å²) in [4.78, 5) is 2.24. The highest BCUT2D eigenvalue weighted by molar-refractivity contribution is 5.26. The van der Waals surface area contributed by atoms with Crippen LogP contribution in [0.2, 0.25) is 0 Å². The zero-order chi connectivity index (χ0) is 14.0. The van der Waals surface area contributed by atoms with Crippen molar-refractivity contribution in [1.82, 2.24) is 4.90 Å². The Kier molecular flexibility index (Phi) is 4.23. The van der Waals surface area contributed by atoms with Crippen LogP contribution in [-0.4, -0.2) is 29.7 Å². The number of nitrogens with two attached hydrogens (primary N) is 1. The number of ether oxygens (including phenoxy) is 1. The minimum Gasteiger partial charge on any atom is -0.370 e. The van der Waals surface area contributed by atoms with Gasteiger partial charge in [0.15, 0.2) is 0 Å². The first-order valence-corrected chi connectivity index (χ1v) is 6.78. The molecule has 2 rings (SSSR count). The highest BCUT2D eigenvalue weighted by atomic mass is 19.1. The minimum atomic E-state index is -0.181. The van der Waals surface area contributed by atoms with Crippen molar-refractivity contribution < 1.29 is 9.13 Å². The van der Waals surface area contributed by atoms with Crippen molar-refractivity contribution >= 4 is 0 Å². The summed E-state index contributed by atoms with van der Waals surface area (Å²) in [5.74, 6) is -0.165. The van der Waals surface area contributed by atoms with Gasteiger partial charge in [0.2, 0.25) is 0 Å². The largest absolute Gasteiger partial charge is 0.370 e. The van der Waals surface area contributed by atoms with E-state index in [4.69, 9.17) is 10.5 Å². The average Bonchev–Trinajstić information content (AvgIpc) is 2.29. The van der Waals surface area contributed by atoms with Gasteiger partial charge in [-0.1, -0.05) is 18.2 Å². The summed E-state index contributed by atoms with van der Waals surface area (Å²) in [5, 5.41) is 0. The van der Waals surface area contributed by atoms with Gasteiger partial charge < -0.3 is 10.5 Å². The second-order valence-electron chi connectivity index (χ2n) is 5.95. The van der Waals surface area contributed by atoms with Crippen LogP contribution in [0.15, 0.2) is 18.2 Å². The van der Waals surface area contributed by atoms with E-state index in [9.17, 15) is 4.39 Å². The predicted molar refractivity (Wildman–Crippen MR) is 74.2 cm³/mol. The first-order chi connectivity index (χ1) is 8.91. The number of hydrogen-bond acceptors (Lipinski definition) is 3. The highest BCUT2D eigenvalue weighted by Crippen LogP contribution is 2.23. The molecule has 3 nitrogen and oxygen atoms in total. The SMILES string of the molecule is CC1CN(Cc2cccc(CN)c2F)CC(C)(C)O1. The molecule has 106 valence electrons. The Balaban J connectivity index is 2.13. The molecule has 0 saturated carbocycles. The molecule has 1 aromatic rings. The van der Waals surface area contributed by atoms with E-state index < -0.39 is 0 Å². The van der Waals surface area contributed by atoms with Crippen LogP contribution in [-0.2, 0) is 17.8 Å². The standard InChI is InChI=1S/C15H23FN2O/c1-11-8-18(10-15(2,3)19-11)9-13-6-4-5-12(7-17)14(13)16/h4-6,11H,7-10,17H2,1-3H3. The van der Waals surface area contributed by atoms with E-state index >= 15 is 0 Å². The average molecular weight is 266 g/mol. The zero-order valence-corrected chi connectivity index (χ0v) is 11.9. The molecule has 1 atom stereocenters. The molecule has 4 heteroatoms. The van der Waals surface area contributed by atoms with E-state index in [1.165, 1.54) is 0 Å². The second kappa shape index (κ2) is 5.57. The molecule has 1 aliphatic rings. The van der Waals surface area contributed by atoms with Crippen LogP contribution in [0.1, 0.15) is 31.9 Å². The molecule has 0 aliphatic carbocycles.